The number of benzene rings is 1. The Labute approximate surface area is 127 Å². The molecule has 4 atom stereocenters. The summed E-state index contributed by atoms with van der Waals surface area (Å²) in [6.45, 7) is 8.02. The molecule has 2 fully saturated rings. The molecule has 2 N–H and O–H groups in total. The molecule has 3 aliphatic rings. The van der Waals surface area contributed by atoms with Gasteiger partial charge < -0.3 is 10.4 Å². The molecule has 0 bridgehead atoms. The summed E-state index contributed by atoms with van der Waals surface area (Å²) < 4.78 is 0. The molecule has 3 heteroatoms. The number of aromatic hydroxyl groups is 1. The van der Waals surface area contributed by atoms with Crippen molar-refractivity contribution in [2.24, 2.45) is 5.92 Å². The summed E-state index contributed by atoms with van der Waals surface area (Å²) >= 11 is 0. The molecular weight excluding hydrogens is 260 g/mol. The second-order valence-electron chi connectivity index (χ2n) is 7.30. The average molecular weight is 286 g/mol. The highest BCUT2D eigenvalue weighted by molar-refractivity contribution is 5.51. The van der Waals surface area contributed by atoms with Crippen LogP contribution in [-0.4, -0.2) is 35.7 Å². The number of hydrogen-bond donors (Lipinski definition) is 2. The number of rotatable bonds is 1. The maximum atomic E-state index is 10.4. The third-order valence-electron chi connectivity index (χ3n) is 5.95. The van der Waals surface area contributed by atoms with Gasteiger partial charge in [0.2, 0.25) is 0 Å². The first-order valence-electron chi connectivity index (χ1n) is 8.45. The number of nitrogens with one attached hydrogen (secondary N) is 1. The maximum absolute atomic E-state index is 10.4. The van der Waals surface area contributed by atoms with Crippen molar-refractivity contribution in [2.45, 2.75) is 51.1 Å². The molecule has 1 aliphatic carbocycles. The van der Waals surface area contributed by atoms with E-state index in [2.05, 4.69) is 30.1 Å². The summed E-state index contributed by atoms with van der Waals surface area (Å²) in [4.78, 5) is 2.63. The van der Waals surface area contributed by atoms with E-state index < -0.39 is 0 Å². The normalized spacial score (nSPS) is 35.7. The van der Waals surface area contributed by atoms with Crippen LogP contribution >= 0.6 is 0 Å². The predicted octanol–water partition coefficient (Wildman–Crippen LogP) is 2.93. The third kappa shape index (κ3) is 2.09. The van der Waals surface area contributed by atoms with Gasteiger partial charge in [-0.05, 0) is 61.8 Å². The zero-order valence-corrected chi connectivity index (χ0v) is 13.1. The van der Waals surface area contributed by atoms with Gasteiger partial charge in [-0.3, -0.25) is 4.90 Å². The second-order valence-corrected chi connectivity index (χ2v) is 7.30. The number of aryl methyl sites for hydroxylation is 1. The fraction of sp³-hybridized carbons (Fsp3) is 0.667. The smallest absolute Gasteiger partial charge is 0.120 e. The molecule has 0 spiro atoms. The summed E-state index contributed by atoms with van der Waals surface area (Å²) in [5, 5.41) is 14.1. The van der Waals surface area contributed by atoms with Gasteiger partial charge in [-0.2, -0.15) is 0 Å². The molecule has 2 aliphatic heterocycles. The maximum Gasteiger partial charge on any atom is 0.120 e. The fourth-order valence-electron chi connectivity index (χ4n) is 4.98. The molecule has 2 heterocycles. The number of phenolic OH excluding ortho intramolecular Hbond substituents is 1. The molecule has 0 aromatic heterocycles. The summed E-state index contributed by atoms with van der Waals surface area (Å²) in [5.41, 5.74) is 3.97. The second kappa shape index (κ2) is 4.99. The minimum Gasteiger partial charge on any atom is -0.508 e. The van der Waals surface area contributed by atoms with Crippen molar-refractivity contribution >= 4 is 0 Å². The van der Waals surface area contributed by atoms with Crippen LogP contribution in [-0.2, 0) is 0 Å². The predicted molar refractivity (Wildman–Crippen MR) is 84.7 cm³/mol. The number of fused-ring (bicyclic) bond motifs is 2. The molecule has 0 saturated carbocycles. The van der Waals surface area contributed by atoms with Gasteiger partial charge in [-0.15, -0.1) is 0 Å². The summed E-state index contributed by atoms with van der Waals surface area (Å²) in [7, 11) is 0. The Morgan fingerprint density at radius 1 is 1.24 bits per heavy atom. The topological polar surface area (TPSA) is 35.5 Å². The van der Waals surface area contributed by atoms with Crippen LogP contribution in [0.2, 0.25) is 0 Å². The van der Waals surface area contributed by atoms with Crippen LogP contribution in [0.15, 0.2) is 12.1 Å². The molecule has 3 nitrogen and oxygen atoms in total. The number of phenols is 1. The first-order chi connectivity index (χ1) is 10.1. The van der Waals surface area contributed by atoms with Crippen molar-refractivity contribution in [3.63, 3.8) is 0 Å². The Bertz CT molecular complexity index is 542. The van der Waals surface area contributed by atoms with Gasteiger partial charge in [0.1, 0.15) is 5.75 Å². The first kappa shape index (κ1) is 13.6. The number of piperidine rings is 1. The van der Waals surface area contributed by atoms with Crippen LogP contribution in [0.3, 0.4) is 0 Å². The lowest BCUT2D eigenvalue weighted by molar-refractivity contribution is 0.225. The van der Waals surface area contributed by atoms with Crippen LogP contribution in [0, 0.1) is 12.8 Å². The molecular formula is C18H26N2O. The Morgan fingerprint density at radius 2 is 2.10 bits per heavy atom. The number of hydrogen-bond acceptors (Lipinski definition) is 3. The van der Waals surface area contributed by atoms with Gasteiger partial charge >= 0.3 is 0 Å². The van der Waals surface area contributed by atoms with Gasteiger partial charge in [0.15, 0.2) is 0 Å². The molecule has 1 aromatic rings. The van der Waals surface area contributed by atoms with Crippen molar-refractivity contribution in [3.05, 3.63) is 28.8 Å². The summed E-state index contributed by atoms with van der Waals surface area (Å²) in [6.07, 6.45) is 3.84. The van der Waals surface area contributed by atoms with Crippen molar-refractivity contribution in [1.29, 1.82) is 0 Å². The first-order valence-corrected chi connectivity index (χ1v) is 8.45. The van der Waals surface area contributed by atoms with Crippen LogP contribution in [0.4, 0.5) is 0 Å². The van der Waals surface area contributed by atoms with Crippen LogP contribution in [0.1, 0.15) is 54.8 Å². The van der Waals surface area contributed by atoms with Crippen molar-refractivity contribution in [3.8, 4) is 5.75 Å². The highest BCUT2D eigenvalue weighted by Gasteiger charge is 2.42. The third-order valence-corrected chi connectivity index (χ3v) is 5.95. The average Bonchev–Trinajstić information content (AvgIpc) is 3.04. The van der Waals surface area contributed by atoms with Crippen molar-refractivity contribution < 1.29 is 5.11 Å². The van der Waals surface area contributed by atoms with Gasteiger partial charge in [0.05, 0.1) is 0 Å². The SMILES string of the molecule is Cc1ccc(O)c2c1C(C)CC2N1C[C@@H]2CCCN[C@@H]2C1. The van der Waals surface area contributed by atoms with E-state index in [4.69, 9.17) is 0 Å². The van der Waals surface area contributed by atoms with Crippen molar-refractivity contribution in [2.75, 3.05) is 19.6 Å². The zero-order valence-electron chi connectivity index (χ0n) is 13.1. The van der Waals surface area contributed by atoms with Gasteiger partial charge in [-0.25, -0.2) is 0 Å². The minimum atomic E-state index is 0.419. The van der Waals surface area contributed by atoms with Crippen molar-refractivity contribution in [1.82, 2.24) is 10.2 Å². The Hall–Kier alpha value is -1.06. The lowest BCUT2D eigenvalue weighted by Crippen LogP contribution is -2.40. The van der Waals surface area contributed by atoms with E-state index in [0.717, 1.165) is 18.9 Å². The minimum absolute atomic E-state index is 0.419. The molecule has 1 aromatic carbocycles. The zero-order chi connectivity index (χ0) is 14.6. The Morgan fingerprint density at radius 3 is 2.90 bits per heavy atom. The molecule has 0 amide bonds. The highest BCUT2D eigenvalue weighted by atomic mass is 16.3. The molecule has 0 radical (unpaired) electrons. The van der Waals surface area contributed by atoms with Gasteiger partial charge in [-0.1, -0.05) is 13.0 Å². The lowest BCUT2D eigenvalue weighted by Gasteiger charge is -2.25. The lowest BCUT2D eigenvalue weighted by atomic mass is 9.94. The molecule has 21 heavy (non-hydrogen) atoms. The fourth-order valence-corrected chi connectivity index (χ4v) is 4.98. The van der Waals surface area contributed by atoms with Gasteiger partial charge in [0, 0.05) is 30.7 Å². The summed E-state index contributed by atoms with van der Waals surface area (Å²) in [5.74, 6) is 1.88. The number of nitrogens with zero attached hydrogens (tertiary/aromatic N) is 1. The Kier molecular flexibility index (Phi) is 3.23. The monoisotopic (exact) mass is 286 g/mol. The molecule has 2 saturated heterocycles. The van der Waals surface area contributed by atoms with E-state index in [9.17, 15) is 5.11 Å². The van der Waals surface area contributed by atoms with Crippen LogP contribution in [0.5, 0.6) is 5.75 Å². The van der Waals surface area contributed by atoms with Gasteiger partial charge in [0.25, 0.3) is 0 Å². The van der Waals surface area contributed by atoms with E-state index in [1.54, 1.807) is 0 Å². The Balaban J connectivity index is 1.65. The molecule has 4 rings (SSSR count). The highest BCUT2D eigenvalue weighted by Crippen LogP contribution is 2.49. The molecule has 114 valence electrons. The van der Waals surface area contributed by atoms with E-state index >= 15 is 0 Å². The standard InChI is InChI=1S/C18H26N2O/c1-11-5-6-16(21)18-15(8-12(2)17(11)18)20-9-13-4-3-7-19-14(13)10-20/h5-6,12-15,19,21H,3-4,7-10H2,1-2H3/t12?,13-,14+,15?/m0/s1. The van der Waals surface area contributed by atoms with Crippen LogP contribution < -0.4 is 5.32 Å². The van der Waals surface area contributed by atoms with E-state index in [1.807, 2.05) is 6.07 Å². The largest absolute Gasteiger partial charge is 0.508 e. The van der Waals surface area contributed by atoms with E-state index in [-0.39, 0.29) is 0 Å². The van der Waals surface area contributed by atoms with E-state index in [1.165, 1.54) is 42.6 Å². The quantitative estimate of drug-likeness (QED) is 0.833. The number of likely N-dealkylation sites (tertiary alicyclic amines) is 1. The molecule has 2 unspecified atom stereocenters. The summed E-state index contributed by atoms with van der Waals surface area (Å²) in [6, 6.07) is 5.05. The van der Waals surface area contributed by atoms with E-state index in [0.29, 0.717) is 23.8 Å². The van der Waals surface area contributed by atoms with Crippen LogP contribution in [0.25, 0.3) is 0 Å².